The smallest absolute Gasteiger partial charge is 0.344 e. The van der Waals surface area contributed by atoms with Gasteiger partial charge in [-0.25, -0.2) is 14.8 Å². The molecule has 0 atom stereocenters. The highest BCUT2D eigenvalue weighted by Gasteiger charge is 2.10. The number of nitrogens with zero attached hydrogens (tertiary/aromatic N) is 2. The van der Waals surface area contributed by atoms with Gasteiger partial charge in [-0.05, 0) is 32.0 Å². The van der Waals surface area contributed by atoms with Gasteiger partial charge in [-0.15, -0.1) is 0 Å². The normalized spacial score (nSPS) is 10.7. The molecule has 0 unspecified atom stereocenters. The minimum atomic E-state index is -0.420. The molecule has 0 aliphatic rings. The van der Waals surface area contributed by atoms with Crippen molar-refractivity contribution in [1.82, 2.24) is 9.97 Å². The first-order valence-corrected chi connectivity index (χ1v) is 6.58. The Bertz CT molecular complexity index is 601. The lowest BCUT2D eigenvalue weighted by atomic mass is 10.2. The highest BCUT2D eigenvalue weighted by Crippen LogP contribution is 2.24. The number of aromatic nitrogens is 2. The molecule has 0 spiro atoms. The van der Waals surface area contributed by atoms with Crippen molar-refractivity contribution in [3.63, 3.8) is 0 Å². The third kappa shape index (κ3) is 3.64. The van der Waals surface area contributed by atoms with E-state index in [0.717, 1.165) is 15.4 Å². The average Bonchev–Trinajstić information content (AvgIpc) is 2.35. The quantitative estimate of drug-likeness (QED) is 0.809. The maximum absolute atomic E-state index is 11.4. The lowest BCUT2D eigenvalue weighted by Crippen LogP contribution is -2.19. The molecule has 19 heavy (non-hydrogen) atoms. The van der Waals surface area contributed by atoms with Crippen molar-refractivity contribution in [2.75, 3.05) is 6.61 Å². The second-order valence-electron chi connectivity index (χ2n) is 4.17. The summed E-state index contributed by atoms with van der Waals surface area (Å²) < 4.78 is 11.3. The van der Waals surface area contributed by atoms with Crippen LogP contribution in [0.15, 0.2) is 29.0 Å². The molecule has 1 heterocycles. The Labute approximate surface area is 119 Å². The topological polar surface area (TPSA) is 61.3 Å². The minimum absolute atomic E-state index is 0.160. The fourth-order valence-electron chi connectivity index (χ4n) is 1.54. The molecule has 0 amide bonds. The highest BCUT2D eigenvalue weighted by molar-refractivity contribution is 9.10. The molecule has 0 saturated heterocycles. The minimum Gasteiger partial charge on any atom is -0.465 e. The van der Waals surface area contributed by atoms with Gasteiger partial charge in [0.15, 0.2) is 6.61 Å². The standard InChI is InChI=1S/C13H13BrN2O3/c1-8(2)19-12(17)6-18-13-10-5-9(14)3-4-11(10)15-7-16-13/h3-5,7-8H,6H2,1-2H3. The molecular formula is C13H13BrN2O3. The van der Waals surface area contributed by atoms with Gasteiger partial charge in [0.2, 0.25) is 5.88 Å². The summed E-state index contributed by atoms with van der Waals surface area (Å²) in [4.78, 5) is 19.6. The molecule has 2 rings (SSSR count). The zero-order valence-corrected chi connectivity index (χ0v) is 12.2. The summed E-state index contributed by atoms with van der Waals surface area (Å²) in [7, 11) is 0. The molecule has 5 nitrogen and oxygen atoms in total. The summed E-state index contributed by atoms with van der Waals surface area (Å²) in [6, 6.07) is 5.57. The van der Waals surface area contributed by atoms with Crippen LogP contribution in [0.25, 0.3) is 10.9 Å². The summed E-state index contributed by atoms with van der Waals surface area (Å²) in [5.41, 5.74) is 0.755. The van der Waals surface area contributed by atoms with Crippen LogP contribution in [-0.2, 0) is 9.53 Å². The number of ether oxygens (including phenoxy) is 2. The average molecular weight is 325 g/mol. The summed E-state index contributed by atoms with van der Waals surface area (Å²) in [6.07, 6.45) is 1.24. The van der Waals surface area contributed by atoms with Gasteiger partial charge in [-0.3, -0.25) is 0 Å². The molecule has 1 aromatic carbocycles. The van der Waals surface area contributed by atoms with Crippen LogP contribution in [0.3, 0.4) is 0 Å². The van der Waals surface area contributed by atoms with Crippen LogP contribution in [0.4, 0.5) is 0 Å². The first-order valence-electron chi connectivity index (χ1n) is 5.79. The Morgan fingerprint density at radius 2 is 2.16 bits per heavy atom. The summed E-state index contributed by atoms with van der Waals surface area (Å²) >= 11 is 3.38. The summed E-state index contributed by atoms with van der Waals surface area (Å²) in [5.74, 6) is -0.0521. The second kappa shape index (κ2) is 5.97. The van der Waals surface area contributed by atoms with Gasteiger partial charge in [0.25, 0.3) is 0 Å². The van der Waals surface area contributed by atoms with E-state index in [1.165, 1.54) is 6.33 Å². The van der Waals surface area contributed by atoms with Crippen LogP contribution in [0, 0.1) is 0 Å². The molecule has 0 bridgehead atoms. The molecule has 1 aromatic heterocycles. The fraction of sp³-hybridized carbons (Fsp3) is 0.308. The Morgan fingerprint density at radius 3 is 2.89 bits per heavy atom. The molecule has 0 aliphatic heterocycles. The molecule has 2 aromatic rings. The zero-order chi connectivity index (χ0) is 13.8. The Morgan fingerprint density at radius 1 is 1.37 bits per heavy atom. The van der Waals surface area contributed by atoms with Crippen molar-refractivity contribution >= 4 is 32.8 Å². The summed E-state index contributed by atoms with van der Waals surface area (Å²) in [5, 5.41) is 0.745. The third-order valence-electron chi connectivity index (χ3n) is 2.25. The lowest BCUT2D eigenvalue weighted by molar-refractivity contribution is -0.149. The van der Waals surface area contributed by atoms with Gasteiger partial charge in [0, 0.05) is 4.47 Å². The molecule has 0 fully saturated rings. The summed E-state index contributed by atoms with van der Waals surface area (Å²) in [6.45, 7) is 3.40. The molecule has 0 saturated carbocycles. The van der Waals surface area contributed by atoms with Crippen LogP contribution in [0.2, 0.25) is 0 Å². The molecule has 0 radical (unpaired) electrons. The van der Waals surface area contributed by atoms with Gasteiger partial charge in [0.05, 0.1) is 17.0 Å². The van der Waals surface area contributed by atoms with Crippen LogP contribution < -0.4 is 4.74 Å². The fourth-order valence-corrected chi connectivity index (χ4v) is 1.91. The van der Waals surface area contributed by atoms with Gasteiger partial charge in [0.1, 0.15) is 6.33 Å². The maximum Gasteiger partial charge on any atom is 0.344 e. The molecular weight excluding hydrogens is 312 g/mol. The van der Waals surface area contributed by atoms with Crippen molar-refractivity contribution in [1.29, 1.82) is 0 Å². The molecule has 6 heteroatoms. The lowest BCUT2D eigenvalue weighted by Gasteiger charge is -2.10. The molecule has 0 N–H and O–H groups in total. The second-order valence-corrected chi connectivity index (χ2v) is 5.08. The number of carbonyl (C=O) groups is 1. The van der Waals surface area contributed by atoms with E-state index in [1.807, 2.05) is 18.2 Å². The van der Waals surface area contributed by atoms with Crippen LogP contribution in [0.5, 0.6) is 5.88 Å². The first-order chi connectivity index (χ1) is 9.06. The largest absolute Gasteiger partial charge is 0.465 e. The highest BCUT2D eigenvalue weighted by atomic mass is 79.9. The maximum atomic E-state index is 11.4. The Balaban J connectivity index is 2.16. The molecule has 100 valence electrons. The predicted molar refractivity (Wildman–Crippen MR) is 74.0 cm³/mol. The van der Waals surface area contributed by atoms with E-state index in [2.05, 4.69) is 25.9 Å². The van der Waals surface area contributed by atoms with Crippen molar-refractivity contribution in [3.05, 3.63) is 29.0 Å². The van der Waals surface area contributed by atoms with E-state index >= 15 is 0 Å². The number of carbonyl (C=O) groups excluding carboxylic acids is 1. The van der Waals surface area contributed by atoms with E-state index in [-0.39, 0.29) is 12.7 Å². The third-order valence-corrected chi connectivity index (χ3v) is 2.75. The van der Waals surface area contributed by atoms with E-state index < -0.39 is 5.97 Å². The van der Waals surface area contributed by atoms with Crippen molar-refractivity contribution in [3.8, 4) is 5.88 Å². The number of esters is 1. The van der Waals surface area contributed by atoms with Crippen molar-refractivity contribution in [2.45, 2.75) is 20.0 Å². The van der Waals surface area contributed by atoms with Gasteiger partial charge in [-0.1, -0.05) is 15.9 Å². The zero-order valence-electron chi connectivity index (χ0n) is 10.6. The van der Waals surface area contributed by atoms with E-state index in [4.69, 9.17) is 9.47 Å². The molecule has 0 aliphatic carbocycles. The van der Waals surface area contributed by atoms with Crippen molar-refractivity contribution in [2.24, 2.45) is 0 Å². The number of fused-ring (bicyclic) bond motifs is 1. The predicted octanol–water partition coefficient (Wildman–Crippen LogP) is 2.72. The number of hydrogen-bond acceptors (Lipinski definition) is 5. The van der Waals surface area contributed by atoms with Gasteiger partial charge < -0.3 is 9.47 Å². The van der Waals surface area contributed by atoms with Gasteiger partial charge >= 0.3 is 5.97 Å². The van der Waals surface area contributed by atoms with Crippen LogP contribution in [0.1, 0.15) is 13.8 Å². The first kappa shape index (κ1) is 13.7. The number of rotatable bonds is 4. The van der Waals surface area contributed by atoms with E-state index in [0.29, 0.717) is 5.88 Å². The van der Waals surface area contributed by atoms with Gasteiger partial charge in [-0.2, -0.15) is 0 Å². The van der Waals surface area contributed by atoms with E-state index in [1.54, 1.807) is 13.8 Å². The Kier molecular flexibility index (Phi) is 4.31. The Hall–Kier alpha value is -1.69. The monoisotopic (exact) mass is 324 g/mol. The SMILES string of the molecule is CC(C)OC(=O)COc1ncnc2ccc(Br)cc12. The van der Waals surface area contributed by atoms with Crippen LogP contribution >= 0.6 is 15.9 Å². The number of benzene rings is 1. The van der Waals surface area contributed by atoms with Crippen molar-refractivity contribution < 1.29 is 14.3 Å². The van der Waals surface area contributed by atoms with Crippen LogP contribution in [-0.4, -0.2) is 28.6 Å². The number of hydrogen-bond donors (Lipinski definition) is 0. The number of halogens is 1. The van der Waals surface area contributed by atoms with E-state index in [9.17, 15) is 4.79 Å².